The second kappa shape index (κ2) is 8.14. The predicted molar refractivity (Wildman–Crippen MR) is 97.5 cm³/mol. The van der Waals surface area contributed by atoms with Gasteiger partial charge in [0.1, 0.15) is 11.8 Å². The average molecular weight is 376 g/mol. The Hall–Kier alpha value is -2.67. The van der Waals surface area contributed by atoms with Crippen LogP contribution in [0.15, 0.2) is 36.5 Å². The van der Waals surface area contributed by atoms with E-state index in [1.165, 1.54) is 18.3 Å². The van der Waals surface area contributed by atoms with Crippen LogP contribution in [0.4, 0.5) is 11.4 Å². The van der Waals surface area contributed by atoms with Gasteiger partial charge in [0, 0.05) is 37.0 Å². The van der Waals surface area contributed by atoms with E-state index < -0.39 is 10.9 Å². The van der Waals surface area contributed by atoms with E-state index in [9.17, 15) is 14.9 Å². The van der Waals surface area contributed by atoms with Gasteiger partial charge >= 0.3 is 5.97 Å². The molecule has 1 fully saturated rings. The number of benzene rings is 1. The second-order valence-electron chi connectivity index (χ2n) is 6.07. The fourth-order valence-corrected chi connectivity index (χ4v) is 3.04. The minimum Gasteiger partial charge on any atom is -0.457 e. The number of carbonyl (C=O) groups is 1. The molecule has 1 saturated heterocycles. The summed E-state index contributed by atoms with van der Waals surface area (Å²) < 4.78 is 5.35. The Kier molecular flexibility index (Phi) is 5.68. The average Bonchev–Trinajstić information content (AvgIpc) is 2.67. The van der Waals surface area contributed by atoms with Gasteiger partial charge in [0.2, 0.25) is 0 Å². The summed E-state index contributed by atoms with van der Waals surface area (Å²) in [5.41, 5.74) is 1.44. The monoisotopic (exact) mass is 375 g/mol. The summed E-state index contributed by atoms with van der Waals surface area (Å²) in [6.45, 7) is 1.66. The van der Waals surface area contributed by atoms with Crippen molar-refractivity contribution in [1.29, 1.82) is 0 Å². The first-order chi connectivity index (χ1) is 12.5. The molecule has 3 rings (SSSR count). The lowest BCUT2D eigenvalue weighted by molar-refractivity contribution is -0.384. The SMILES string of the molecule is O=C(OCc1ccc(Cl)nc1)c1cc([N+](=O)[O-])ccc1N1CCCCC1. The van der Waals surface area contributed by atoms with E-state index in [-0.39, 0.29) is 17.9 Å². The zero-order valence-electron chi connectivity index (χ0n) is 14.1. The highest BCUT2D eigenvalue weighted by molar-refractivity contribution is 6.29. The number of nitrogens with zero attached hydrogens (tertiary/aromatic N) is 3. The lowest BCUT2D eigenvalue weighted by Gasteiger charge is -2.30. The van der Waals surface area contributed by atoms with Crippen molar-refractivity contribution in [3.8, 4) is 0 Å². The quantitative estimate of drug-likeness (QED) is 0.340. The second-order valence-corrected chi connectivity index (χ2v) is 6.46. The molecule has 136 valence electrons. The molecule has 1 aromatic carbocycles. The standard InChI is InChI=1S/C18H18ClN3O4/c19-17-7-4-13(11-20-17)12-26-18(23)15-10-14(22(24)25)5-6-16(15)21-8-2-1-3-9-21/h4-7,10-11H,1-3,8-9,12H2. The van der Waals surface area contributed by atoms with Crippen LogP contribution >= 0.6 is 11.6 Å². The lowest BCUT2D eigenvalue weighted by Crippen LogP contribution is -2.31. The first-order valence-corrected chi connectivity index (χ1v) is 8.73. The number of pyridine rings is 1. The Bertz CT molecular complexity index is 805. The van der Waals surface area contributed by atoms with E-state index in [0.29, 0.717) is 16.4 Å². The number of nitro groups is 1. The number of anilines is 1. The van der Waals surface area contributed by atoms with Crippen molar-refractivity contribution in [2.45, 2.75) is 25.9 Å². The molecule has 1 aliphatic rings. The first-order valence-electron chi connectivity index (χ1n) is 8.35. The number of piperidine rings is 1. The molecule has 0 aliphatic carbocycles. The summed E-state index contributed by atoms with van der Waals surface area (Å²) in [5, 5.41) is 11.4. The van der Waals surface area contributed by atoms with Crippen LogP contribution < -0.4 is 4.90 Å². The highest BCUT2D eigenvalue weighted by atomic mass is 35.5. The zero-order valence-corrected chi connectivity index (χ0v) is 14.8. The molecular formula is C18H18ClN3O4. The molecule has 1 aliphatic heterocycles. The fourth-order valence-electron chi connectivity index (χ4n) is 2.93. The number of rotatable bonds is 5. The summed E-state index contributed by atoms with van der Waals surface area (Å²) in [5.74, 6) is -0.593. The van der Waals surface area contributed by atoms with Crippen molar-refractivity contribution in [2.24, 2.45) is 0 Å². The summed E-state index contributed by atoms with van der Waals surface area (Å²) in [4.78, 5) is 29.2. The molecule has 0 radical (unpaired) electrons. The fraction of sp³-hybridized carbons (Fsp3) is 0.333. The van der Waals surface area contributed by atoms with E-state index in [1.54, 1.807) is 18.2 Å². The Morgan fingerprint density at radius 1 is 1.23 bits per heavy atom. The van der Waals surface area contributed by atoms with Gasteiger partial charge in [0.05, 0.1) is 16.2 Å². The van der Waals surface area contributed by atoms with Gasteiger partial charge < -0.3 is 9.64 Å². The van der Waals surface area contributed by atoms with Crippen molar-refractivity contribution >= 4 is 28.9 Å². The van der Waals surface area contributed by atoms with Crippen LogP contribution in [0.1, 0.15) is 35.2 Å². The molecule has 0 spiro atoms. The number of halogens is 1. The first kappa shape index (κ1) is 18.1. The van der Waals surface area contributed by atoms with Crippen LogP contribution in [-0.2, 0) is 11.3 Å². The van der Waals surface area contributed by atoms with Crippen LogP contribution in [0.2, 0.25) is 5.15 Å². The number of hydrogen-bond donors (Lipinski definition) is 0. The predicted octanol–water partition coefficient (Wildman–Crippen LogP) is 3.99. The zero-order chi connectivity index (χ0) is 18.5. The Labute approximate surface area is 155 Å². The number of esters is 1. The van der Waals surface area contributed by atoms with Crippen molar-refractivity contribution in [3.63, 3.8) is 0 Å². The number of hydrogen-bond acceptors (Lipinski definition) is 6. The summed E-state index contributed by atoms with van der Waals surface area (Å²) >= 11 is 5.74. The highest BCUT2D eigenvalue weighted by Gasteiger charge is 2.22. The Morgan fingerprint density at radius 3 is 2.65 bits per heavy atom. The molecule has 26 heavy (non-hydrogen) atoms. The molecule has 7 nitrogen and oxygen atoms in total. The van der Waals surface area contributed by atoms with Gasteiger partial charge in [0.25, 0.3) is 5.69 Å². The van der Waals surface area contributed by atoms with E-state index in [1.807, 2.05) is 0 Å². The van der Waals surface area contributed by atoms with E-state index >= 15 is 0 Å². The third kappa shape index (κ3) is 4.29. The van der Waals surface area contributed by atoms with Gasteiger partial charge in [-0.15, -0.1) is 0 Å². The number of nitro benzene ring substituents is 1. The van der Waals surface area contributed by atoms with Gasteiger partial charge in [-0.05, 0) is 31.4 Å². The maximum Gasteiger partial charge on any atom is 0.340 e. The molecule has 0 N–H and O–H groups in total. The largest absolute Gasteiger partial charge is 0.457 e. The van der Waals surface area contributed by atoms with Crippen LogP contribution in [0, 0.1) is 10.1 Å². The molecule has 0 unspecified atom stereocenters. The lowest BCUT2D eigenvalue weighted by atomic mass is 10.1. The smallest absolute Gasteiger partial charge is 0.340 e. The van der Waals surface area contributed by atoms with E-state index in [2.05, 4.69) is 9.88 Å². The maximum absolute atomic E-state index is 12.6. The Balaban J connectivity index is 1.82. The minimum absolute atomic E-state index is 0.0190. The summed E-state index contributed by atoms with van der Waals surface area (Å²) in [7, 11) is 0. The maximum atomic E-state index is 12.6. The number of non-ortho nitro benzene ring substituents is 1. The van der Waals surface area contributed by atoms with Crippen molar-refractivity contribution in [2.75, 3.05) is 18.0 Å². The molecule has 8 heteroatoms. The topological polar surface area (TPSA) is 85.6 Å². The number of ether oxygens (including phenoxy) is 1. The highest BCUT2D eigenvalue weighted by Crippen LogP contribution is 2.29. The van der Waals surface area contributed by atoms with Gasteiger partial charge in [-0.2, -0.15) is 0 Å². The van der Waals surface area contributed by atoms with Gasteiger partial charge in [-0.3, -0.25) is 10.1 Å². The molecule has 0 saturated carbocycles. The number of carbonyl (C=O) groups excluding carboxylic acids is 1. The summed E-state index contributed by atoms with van der Waals surface area (Å²) in [6, 6.07) is 7.65. The van der Waals surface area contributed by atoms with Crippen molar-refractivity contribution in [1.82, 2.24) is 4.98 Å². The molecule has 1 aromatic heterocycles. The molecular weight excluding hydrogens is 358 g/mol. The van der Waals surface area contributed by atoms with Crippen molar-refractivity contribution < 1.29 is 14.5 Å². The molecule has 2 aromatic rings. The third-order valence-corrected chi connectivity index (χ3v) is 4.49. The van der Waals surface area contributed by atoms with E-state index in [0.717, 1.165) is 32.4 Å². The van der Waals surface area contributed by atoms with Gasteiger partial charge in [-0.25, -0.2) is 9.78 Å². The van der Waals surface area contributed by atoms with E-state index in [4.69, 9.17) is 16.3 Å². The van der Waals surface area contributed by atoms with Gasteiger partial charge in [0.15, 0.2) is 0 Å². The van der Waals surface area contributed by atoms with Crippen LogP contribution in [0.5, 0.6) is 0 Å². The van der Waals surface area contributed by atoms with Crippen molar-refractivity contribution in [3.05, 3.63) is 62.9 Å². The van der Waals surface area contributed by atoms with Crippen LogP contribution in [-0.4, -0.2) is 29.0 Å². The van der Waals surface area contributed by atoms with Crippen LogP contribution in [0.25, 0.3) is 0 Å². The number of aromatic nitrogens is 1. The van der Waals surface area contributed by atoms with Gasteiger partial charge in [-0.1, -0.05) is 17.7 Å². The molecule has 0 bridgehead atoms. The third-order valence-electron chi connectivity index (χ3n) is 4.27. The summed E-state index contributed by atoms with van der Waals surface area (Å²) in [6.07, 6.45) is 4.73. The normalized spacial score (nSPS) is 14.1. The van der Waals surface area contributed by atoms with Crippen LogP contribution in [0.3, 0.4) is 0 Å². The Morgan fingerprint density at radius 2 is 2.00 bits per heavy atom. The minimum atomic E-state index is -0.593. The molecule has 0 amide bonds. The molecule has 0 atom stereocenters. The molecule has 2 heterocycles.